The van der Waals surface area contributed by atoms with Crippen LogP contribution in [0.25, 0.3) is 11.0 Å². The summed E-state index contributed by atoms with van der Waals surface area (Å²) in [5.41, 5.74) is 3.51. The van der Waals surface area contributed by atoms with Crippen molar-refractivity contribution in [3.8, 4) is 0 Å². The van der Waals surface area contributed by atoms with Crippen LogP contribution in [0.15, 0.2) is 28.7 Å². The maximum absolute atomic E-state index is 11.7. The molecule has 6 heteroatoms. The van der Waals surface area contributed by atoms with E-state index in [1.807, 2.05) is 30.1 Å². The van der Waals surface area contributed by atoms with Gasteiger partial charge in [0.25, 0.3) is 0 Å². The predicted octanol–water partition coefficient (Wildman–Crippen LogP) is 0.460. The van der Waals surface area contributed by atoms with E-state index in [0.717, 1.165) is 10.9 Å². The van der Waals surface area contributed by atoms with Crippen LogP contribution in [0.5, 0.6) is 0 Å². The molecule has 0 spiro atoms. The molecule has 0 atom stereocenters. The van der Waals surface area contributed by atoms with Crippen LogP contribution in [-0.4, -0.2) is 36.1 Å². The van der Waals surface area contributed by atoms with Crippen molar-refractivity contribution < 1.29 is 14.3 Å². The van der Waals surface area contributed by atoms with Crippen molar-refractivity contribution in [3.05, 3.63) is 35.6 Å². The Balaban J connectivity index is 2.45. The fourth-order valence-electron chi connectivity index (χ4n) is 2.02. The van der Waals surface area contributed by atoms with Gasteiger partial charge in [-0.3, -0.25) is 15.1 Å². The maximum atomic E-state index is 11.7. The van der Waals surface area contributed by atoms with E-state index in [4.69, 9.17) is 15.4 Å². The Hall–Kier alpha value is -1.89. The zero-order valence-corrected chi connectivity index (χ0v) is 10.7. The molecule has 1 aromatic carbocycles. The lowest BCUT2D eigenvalue weighted by atomic mass is 10.1. The average Bonchev–Trinajstić information content (AvgIpc) is 2.77. The first-order chi connectivity index (χ1) is 9.17. The summed E-state index contributed by atoms with van der Waals surface area (Å²) in [4.78, 5) is 13.7. The number of rotatable bonds is 5. The minimum Gasteiger partial charge on any atom is -0.451 e. The Morgan fingerprint density at radius 3 is 2.89 bits per heavy atom. The number of carbonyl (C=O) groups is 1. The minimum absolute atomic E-state index is 0.0602. The average molecular weight is 263 g/mol. The van der Waals surface area contributed by atoms with Gasteiger partial charge in [0, 0.05) is 24.0 Å². The number of nitrogens with two attached hydrogens (primary N) is 1. The Labute approximate surface area is 110 Å². The standard InChI is InChI=1S/C13H17N3O3/c1-16(6-7-17)8-10-9-4-2-3-5-11(9)19-12(10)13(18)15-14/h2-5,17H,6-8,14H2,1H3,(H,15,18). The number of hydrazine groups is 1. The van der Waals surface area contributed by atoms with Crippen molar-refractivity contribution >= 4 is 16.9 Å². The zero-order valence-electron chi connectivity index (χ0n) is 10.7. The summed E-state index contributed by atoms with van der Waals surface area (Å²) in [6, 6.07) is 7.43. The number of aliphatic hydroxyl groups excluding tert-OH is 1. The normalized spacial score (nSPS) is 11.2. The fraction of sp³-hybridized carbons (Fsp3) is 0.308. The summed E-state index contributed by atoms with van der Waals surface area (Å²) in [6.45, 7) is 1.08. The van der Waals surface area contributed by atoms with Crippen molar-refractivity contribution in [3.63, 3.8) is 0 Å². The molecule has 0 bridgehead atoms. The van der Waals surface area contributed by atoms with Crippen LogP contribution in [0.3, 0.4) is 0 Å². The molecule has 4 N–H and O–H groups in total. The fourth-order valence-corrected chi connectivity index (χ4v) is 2.02. The molecule has 0 fully saturated rings. The lowest BCUT2D eigenvalue weighted by Crippen LogP contribution is -2.31. The molecule has 0 radical (unpaired) electrons. The number of fused-ring (bicyclic) bond motifs is 1. The lowest BCUT2D eigenvalue weighted by molar-refractivity contribution is 0.0925. The Morgan fingerprint density at radius 2 is 2.21 bits per heavy atom. The SMILES string of the molecule is CN(CCO)Cc1c(C(=O)NN)oc2ccccc12. The number of amides is 1. The van der Waals surface area contributed by atoms with Gasteiger partial charge in [-0.15, -0.1) is 0 Å². The number of hydrogen-bond acceptors (Lipinski definition) is 5. The molecule has 0 saturated heterocycles. The third kappa shape index (κ3) is 2.76. The molecule has 0 aliphatic carbocycles. The van der Waals surface area contributed by atoms with Crippen LogP contribution in [-0.2, 0) is 6.54 Å². The smallest absolute Gasteiger partial charge is 0.301 e. The number of nitrogens with one attached hydrogen (secondary N) is 1. The molecule has 6 nitrogen and oxygen atoms in total. The minimum atomic E-state index is -0.455. The molecule has 2 aromatic rings. The van der Waals surface area contributed by atoms with Crippen molar-refractivity contribution in [2.24, 2.45) is 5.84 Å². The molecular formula is C13H17N3O3. The molecule has 0 aliphatic rings. The Morgan fingerprint density at radius 1 is 1.47 bits per heavy atom. The van der Waals surface area contributed by atoms with Crippen LogP contribution in [0.2, 0.25) is 0 Å². The highest BCUT2D eigenvalue weighted by molar-refractivity contribution is 5.98. The third-order valence-corrected chi connectivity index (χ3v) is 2.95. The van der Waals surface area contributed by atoms with Gasteiger partial charge in [-0.1, -0.05) is 18.2 Å². The quantitative estimate of drug-likeness (QED) is 0.414. The van der Waals surface area contributed by atoms with Gasteiger partial charge < -0.3 is 9.52 Å². The zero-order chi connectivity index (χ0) is 13.8. The molecule has 1 aromatic heterocycles. The number of furan rings is 1. The number of para-hydroxylation sites is 1. The molecule has 0 saturated carbocycles. The molecule has 0 aliphatic heterocycles. The highest BCUT2D eigenvalue weighted by atomic mass is 16.3. The number of carbonyl (C=O) groups excluding carboxylic acids is 1. The van der Waals surface area contributed by atoms with Gasteiger partial charge in [0.15, 0.2) is 5.76 Å². The summed E-state index contributed by atoms with van der Waals surface area (Å²) in [5.74, 6) is 4.93. The number of nitrogens with zero attached hydrogens (tertiary/aromatic N) is 1. The second kappa shape index (κ2) is 5.83. The van der Waals surface area contributed by atoms with E-state index < -0.39 is 5.91 Å². The molecule has 19 heavy (non-hydrogen) atoms. The molecule has 102 valence electrons. The Kier molecular flexibility index (Phi) is 4.16. The predicted molar refractivity (Wildman–Crippen MR) is 71.3 cm³/mol. The number of likely N-dealkylation sites (N-methyl/N-ethyl adjacent to an activating group) is 1. The van der Waals surface area contributed by atoms with Crippen LogP contribution < -0.4 is 11.3 Å². The van der Waals surface area contributed by atoms with E-state index in [2.05, 4.69) is 5.43 Å². The molecule has 2 rings (SSSR count). The number of hydrogen-bond donors (Lipinski definition) is 3. The lowest BCUT2D eigenvalue weighted by Gasteiger charge is -2.14. The van der Waals surface area contributed by atoms with Crippen molar-refractivity contribution in [2.45, 2.75) is 6.54 Å². The van der Waals surface area contributed by atoms with Crippen LogP contribution in [0.1, 0.15) is 16.1 Å². The van der Waals surface area contributed by atoms with Crippen LogP contribution >= 0.6 is 0 Å². The van der Waals surface area contributed by atoms with Gasteiger partial charge in [0.05, 0.1) is 6.61 Å². The van der Waals surface area contributed by atoms with E-state index >= 15 is 0 Å². The summed E-state index contributed by atoms with van der Waals surface area (Å²) in [7, 11) is 1.86. The van der Waals surface area contributed by atoms with E-state index in [0.29, 0.717) is 18.7 Å². The van der Waals surface area contributed by atoms with E-state index in [-0.39, 0.29) is 12.4 Å². The first kappa shape index (κ1) is 13.5. The summed E-state index contributed by atoms with van der Waals surface area (Å²) in [6.07, 6.45) is 0. The number of benzene rings is 1. The monoisotopic (exact) mass is 263 g/mol. The first-order valence-corrected chi connectivity index (χ1v) is 5.98. The van der Waals surface area contributed by atoms with Crippen LogP contribution in [0, 0.1) is 0 Å². The first-order valence-electron chi connectivity index (χ1n) is 5.98. The highest BCUT2D eigenvalue weighted by Crippen LogP contribution is 2.26. The van der Waals surface area contributed by atoms with Gasteiger partial charge in [0.2, 0.25) is 0 Å². The van der Waals surface area contributed by atoms with Crippen LogP contribution in [0.4, 0.5) is 0 Å². The largest absolute Gasteiger partial charge is 0.451 e. The molecule has 0 unspecified atom stereocenters. The summed E-state index contributed by atoms with van der Waals surface area (Å²) < 4.78 is 5.55. The van der Waals surface area contributed by atoms with Gasteiger partial charge in [-0.25, -0.2) is 5.84 Å². The Bertz CT molecular complexity index is 580. The van der Waals surface area contributed by atoms with E-state index in [1.165, 1.54) is 0 Å². The van der Waals surface area contributed by atoms with Crippen molar-refractivity contribution in [1.29, 1.82) is 0 Å². The van der Waals surface area contributed by atoms with E-state index in [1.54, 1.807) is 6.07 Å². The number of nitrogen functional groups attached to an aromatic ring is 1. The van der Waals surface area contributed by atoms with E-state index in [9.17, 15) is 4.79 Å². The van der Waals surface area contributed by atoms with Gasteiger partial charge in [-0.05, 0) is 13.1 Å². The van der Waals surface area contributed by atoms with Gasteiger partial charge in [-0.2, -0.15) is 0 Å². The van der Waals surface area contributed by atoms with Gasteiger partial charge in [0.1, 0.15) is 5.58 Å². The second-order valence-corrected chi connectivity index (χ2v) is 4.34. The van der Waals surface area contributed by atoms with Crippen molar-refractivity contribution in [2.75, 3.05) is 20.2 Å². The van der Waals surface area contributed by atoms with Crippen molar-refractivity contribution in [1.82, 2.24) is 10.3 Å². The number of aliphatic hydroxyl groups is 1. The topological polar surface area (TPSA) is 91.7 Å². The summed E-state index contributed by atoms with van der Waals surface area (Å²) in [5, 5.41) is 9.82. The van der Waals surface area contributed by atoms with Gasteiger partial charge >= 0.3 is 5.91 Å². The second-order valence-electron chi connectivity index (χ2n) is 4.34. The molecule has 1 amide bonds. The highest BCUT2D eigenvalue weighted by Gasteiger charge is 2.20. The molecule has 1 heterocycles. The maximum Gasteiger partial charge on any atom is 0.301 e. The summed E-state index contributed by atoms with van der Waals surface area (Å²) >= 11 is 0. The molecular weight excluding hydrogens is 246 g/mol. The third-order valence-electron chi connectivity index (χ3n) is 2.95.